The Morgan fingerprint density at radius 3 is 2.63 bits per heavy atom. The second-order valence-electron chi connectivity index (χ2n) is 4.08. The molecule has 2 aromatic rings. The molecule has 98 valence electrons. The number of nitrogens with one attached hydrogen (secondary N) is 1. The lowest BCUT2D eigenvalue weighted by Crippen LogP contribution is -2.12. The summed E-state index contributed by atoms with van der Waals surface area (Å²) in [5.74, 6) is -1.47. The minimum atomic E-state index is -0.591. The Morgan fingerprint density at radius 1 is 1.26 bits per heavy atom. The number of phenolic OH excluding ortho intramolecular Hbond substituents is 1. The number of phenols is 1. The van der Waals surface area contributed by atoms with Crippen molar-refractivity contribution in [3.05, 3.63) is 57.8 Å². The summed E-state index contributed by atoms with van der Waals surface area (Å²) in [5, 5.41) is 12.2. The van der Waals surface area contributed by atoms with Crippen molar-refractivity contribution in [1.29, 1.82) is 0 Å². The summed E-state index contributed by atoms with van der Waals surface area (Å²) in [4.78, 5) is 11.9. The van der Waals surface area contributed by atoms with Crippen molar-refractivity contribution in [3.63, 3.8) is 0 Å². The third-order valence-corrected chi connectivity index (χ3v) is 3.49. The fourth-order valence-corrected chi connectivity index (χ4v) is 1.94. The number of amides is 1. The number of anilines is 1. The van der Waals surface area contributed by atoms with Gasteiger partial charge in [0.2, 0.25) is 0 Å². The van der Waals surface area contributed by atoms with Crippen molar-refractivity contribution in [1.82, 2.24) is 0 Å². The molecule has 19 heavy (non-hydrogen) atoms. The lowest BCUT2D eigenvalue weighted by Gasteiger charge is -2.08. The highest BCUT2D eigenvalue weighted by Gasteiger charge is 2.12. The maximum Gasteiger partial charge on any atom is 0.259 e. The lowest BCUT2D eigenvalue weighted by molar-refractivity contribution is 0.102. The third-order valence-electron chi connectivity index (χ3n) is 2.63. The molecule has 2 N–H and O–H groups in total. The van der Waals surface area contributed by atoms with E-state index in [1.54, 1.807) is 12.1 Å². The second-order valence-corrected chi connectivity index (χ2v) is 4.93. The molecule has 0 aliphatic heterocycles. The zero-order chi connectivity index (χ0) is 14.0. The largest absolute Gasteiger partial charge is 0.507 e. The fraction of sp³-hybridized carbons (Fsp3) is 0.0714. The van der Waals surface area contributed by atoms with Crippen LogP contribution in [0.4, 0.5) is 10.1 Å². The van der Waals surface area contributed by atoms with Crippen molar-refractivity contribution in [2.24, 2.45) is 0 Å². The van der Waals surface area contributed by atoms with Gasteiger partial charge in [-0.3, -0.25) is 4.79 Å². The Kier molecular flexibility index (Phi) is 3.85. The average molecular weight is 324 g/mol. The van der Waals surface area contributed by atoms with E-state index < -0.39 is 11.7 Å². The Morgan fingerprint density at radius 2 is 2.00 bits per heavy atom. The molecule has 1 amide bonds. The van der Waals surface area contributed by atoms with Crippen molar-refractivity contribution in [2.75, 3.05) is 5.32 Å². The summed E-state index contributed by atoms with van der Waals surface area (Å²) in [6, 6.07) is 8.62. The van der Waals surface area contributed by atoms with E-state index in [1.807, 2.05) is 13.0 Å². The van der Waals surface area contributed by atoms with Crippen molar-refractivity contribution in [2.45, 2.75) is 6.92 Å². The quantitative estimate of drug-likeness (QED) is 0.881. The number of hydrogen-bond donors (Lipinski definition) is 2. The Labute approximate surface area is 118 Å². The smallest absolute Gasteiger partial charge is 0.259 e. The van der Waals surface area contributed by atoms with Crippen LogP contribution in [0.25, 0.3) is 0 Å². The number of carbonyl (C=O) groups excluding carboxylic acids is 1. The van der Waals surface area contributed by atoms with E-state index in [-0.39, 0.29) is 11.3 Å². The van der Waals surface area contributed by atoms with Gasteiger partial charge in [-0.05, 0) is 36.8 Å². The molecule has 3 nitrogen and oxygen atoms in total. The molecule has 0 fully saturated rings. The molecule has 0 saturated carbocycles. The molecule has 2 rings (SSSR count). The van der Waals surface area contributed by atoms with Gasteiger partial charge in [0.1, 0.15) is 11.6 Å². The summed E-state index contributed by atoms with van der Waals surface area (Å²) >= 11 is 3.37. The highest BCUT2D eigenvalue weighted by Crippen LogP contribution is 2.23. The molecule has 0 atom stereocenters. The van der Waals surface area contributed by atoms with E-state index in [2.05, 4.69) is 21.2 Å². The standard InChI is InChI=1S/C14H11BrFNO2/c1-8-2-4-10(7-12(8)15)17-14(19)11-5-3-9(16)6-13(11)18/h2-7,18H,1H3,(H,17,19). The number of rotatable bonds is 2. The van der Waals surface area contributed by atoms with E-state index in [1.165, 1.54) is 6.07 Å². The van der Waals surface area contributed by atoms with Crippen molar-refractivity contribution < 1.29 is 14.3 Å². The van der Waals surface area contributed by atoms with Crippen LogP contribution in [0.2, 0.25) is 0 Å². The summed E-state index contributed by atoms with van der Waals surface area (Å²) in [6.07, 6.45) is 0. The maximum atomic E-state index is 12.8. The van der Waals surface area contributed by atoms with E-state index in [0.717, 1.165) is 22.2 Å². The molecule has 0 aromatic heterocycles. The molecule has 0 spiro atoms. The van der Waals surface area contributed by atoms with Crippen LogP contribution < -0.4 is 5.32 Å². The van der Waals surface area contributed by atoms with Crippen molar-refractivity contribution >= 4 is 27.5 Å². The van der Waals surface area contributed by atoms with Gasteiger partial charge in [-0.15, -0.1) is 0 Å². The fourth-order valence-electron chi connectivity index (χ4n) is 1.57. The summed E-state index contributed by atoms with van der Waals surface area (Å²) in [6.45, 7) is 1.93. The van der Waals surface area contributed by atoms with Crippen LogP contribution >= 0.6 is 15.9 Å². The number of benzene rings is 2. The van der Waals surface area contributed by atoms with E-state index >= 15 is 0 Å². The second kappa shape index (κ2) is 5.40. The van der Waals surface area contributed by atoms with Crippen LogP contribution in [0.15, 0.2) is 40.9 Å². The van der Waals surface area contributed by atoms with Gasteiger partial charge in [-0.1, -0.05) is 22.0 Å². The first-order valence-electron chi connectivity index (χ1n) is 5.53. The van der Waals surface area contributed by atoms with Gasteiger partial charge in [0.25, 0.3) is 5.91 Å². The predicted molar refractivity (Wildman–Crippen MR) is 74.9 cm³/mol. The van der Waals surface area contributed by atoms with Gasteiger partial charge < -0.3 is 10.4 Å². The first kappa shape index (κ1) is 13.5. The highest BCUT2D eigenvalue weighted by atomic mass is 79.9. The number of aromatic hydroxyl groups is 1. The van der Waals surface area contributed by atoms with Crippen LogP contribution in [0.1, 0.15) is 15.9 Å². The summed E-state index contributed by atoms with van der Waals surface area (Å²) in [7, 11) is 0. The van der Waals surface area contributed by atoms with Gasteiger partial charge in [0.15, 0.2) is 0 Å². The first-order valence-corrected chi connectivity index (χ1v) is 6.32. The van der Waals surface area contributed by atoms with Gasteiger partial charge in [-0.2, -0.15) is 0 Å². The number of aryl methyl sites for hydroxylation is 1. The molecule has 2 aromatic carbocycles. The molecular weight excluding hydrogens is 313 g/mol. The summed E-state index contributed by atoms with van der Waals surface area (Å²) < 4.78 is 13.7. The average Bonchev–Trinajstić information content (AvgIpc) is 2.33. The van der Waals surface area contributed by atoms with E-state index in [0.29, 0.717) is 5.69 Å². The number of carbonyl (C=O) groups is 1. The maximum absolute atomic E-state index is 12.8. The molecule has 0 heterocycles. The van der Waals surface area contributed by atoms with Gasteiger partial charge in [0.05, 0.1) is 5.56 Å². The predicted octanol–water partition coefficient (Wildman–Crippen LogP) is 3.85. The normalized spacial score (nSPS) is 10.3. The van der Waals surface area contributed by atoms with Gasteiger partial charge in [-0.25, -0.2) is 4.39 Å². The molecular formula is C14H11BrFNO2. The topological polar surface area (TPSA) is 49.3 Å². The first-order chi connectivity index (χ1) is 8.97. The van der Waals surface area contributed by atoms with Crippen LogP contribution in [-0.2, 0) is 0 Å². The molecule has 0 bridgehead atoms. The molecule has 0 unspecified atom stereocenters. The number of hydrogen-bond acceptors (Lipinski definition) is 2. The SMILES string of the molecule is Cc1ccc(NC(=O)c2ccc(F)cc2O)cc1Br. The minimum absolute atomic E-state index is 0.0260. The van der Waals surface area contributed by atoms with E-state index in [9.17, 15) is 14.3 Å². The molecule has 5 heteroatoms. The van der Waals surface area contributed by atoms with Gasteiger partial charge in [0, 0.05) is 16.2 Å². The molecule has 0 aliphatic rings. The monoisotopic (exact) mass is 323 g/mol. The summed E-state index contributed by atoms with van der Waals surface area (Å²) in [5.41, 5.74) is 1.66. The minimum Gasteiger partial charge on any atom is -0.507 e. The van der Waals surface area contributed by atoms with Gasteiger partial charge >= 0.3 is 0 Å². The van der Waals surface area contributed by atoms with Crippen LogP contribution in [0, 0.1) is 12.7 Å². The Hall–Kier alpha value is -1.88. The Bertz CT molecular complexity index is 643. The van der Waals surface area contributed by atoms with Crippen LogP contribution in [-0.4, -0.2) is 11.0 Å². The van der Waals surface area contributed by atoms with Crippen LogP contribution in [0.5, 0.6) is 5.75 Å². The van der Waals surface area contributed by atoms with Crippen molar-refractivity contribution in [3.8, 4) is 5.75 Å². The third kappa shape index (κ3) is 3.12. The highest BCUT2D eigenvalue weighted by molar-refractivity contribution is 9.10. The zero-order valence-corrected chi connectivity index (χ0v) is 11.7. The zero-order valence-electron chi connectivity index (χ0n) is 10.1. The van der Waals surface area contributed by atoms with E-state index in [4.69, 9.17) is 0 Å². The molecule has 0 radical (unpaired) electrons. The molecule has 0 saturated heterocycles. The van der Waals surface area contributed by atoms with Crippen LogP contribution in [0.3, 0.4) is 0 Å². The number of halogens is 2. The Balaban J connectivity index is 2.23. The lowest BCUT2D eigenvalue weighted by atomic mass is 10.1. The molecule has 0 aliphatic carbocycles.